The van der Waals surface area contributed by atoms with Crippen molar-refractivity contribution in [3.63, 3.8) is 0 Å². The lowest BCUT2D eigenvalue weighted by Crippen LogP contribution is -2.00. The van der Waals surface area contributed by atoms with Crippen LogP contribution in [-0.4, -0.2) is 30.2 Å². The fourth-order valence-corrected chi connectivity index (χ4v) is 2.76. The maximum atomic E-state index is 11.8. The number of hydrogen-bond acceptors (Lipinski definition) is 7. The molecule has 1 N–H and O–H groups in total. The van der Waals surface area contributed by atoms with Gasteiger partial charge in [-0.25, -0.2) is 14.8 Å². The lowest BCUT2D eigenvalue weighted by molar-refractivity contribution is 0.0601. The number of carbonyl (C=O) groups is 1. The van der Waals surface area contributed by atoms with Crippen molar-refractivity contribution in [2.75, 3.05) is 19.5 Å². The van der Waals surface area contributed by atoms with Crippen LogP contribution in [-0.2, 0) is 4.74 Å². The van der Waals surface area contributed by atoms with Crippen LogP contribution >= 0.6 is 0 Å². The molecule has 0 amide bonds. The lowest BCUT2D eigenvalue weighted by atomic mass is 10.1. The van der Waals surface area contributed by atoms with Crippen molar-refractivity contribution in [2.45, 2.75) is 0 Å². The summed E-state index contributed by atoms with van der Waals surface area (Å²) in [6.07, 6.45) is 1.43. The number of esters is 1. The van der Waals surface area contributed by atoms with Gasteiger partial charge in [-0.3, -0.25) is 0 Å². The number of furan rings is 1. The Morgan fingerprint density at radius 1 is 1.08 bits per heavy atom. The number of anilines is 2. The van der Waals surface area contributed by atoms with Gasteiger partial charge in [0.15, 0.2) is 0 Å². The number of methoxy groups -OCH3 is 2. The van der Waals surface area contributed by atoms with Crippen LogP contribution < -0.4 is 10.1 Å². The zero-order chi connectivity index (χ0) is 18.1. The van der Waals surface area contributed by atoms with Crippen LogP contribution in [0.5, 0.6) is 5.75 Å². The third-order valence-electron chi connectivity index (χ3n) is 4.04. The highest BCUT2D eigenvalue weighted by Gasteiger charge is 2.16. The largest absolute Gasteiger partial charge is 0.497 e. The summed E-state index contributed by atoms with van der Waals surface area (Å²) in [4.78, 5) is 20.4. The topological polar surface area (TPSA) is 86.5 Å². The van der Waals surface area contributed by atoms with Gasteiger partial charge in [-0.05, 0) is 42.5 Å². The van der Waals surface area contributed by atoms with Crippen LogP contribution in [0.4, 0.5) is 11.5 Å². The fourth-order valence-electron chi connectivity index (χ4n) is 2.76. The smallest absolute Gasteiger partial charge is 0.337 e. The molecule has 7 nitrogen and oxygen atoms in total. The standard InChI is InChI=1S/C19H15N3O4/c1-24-13-6-4-12(5-7-13)22-17-16-14-9-11(19(23)25-2)3-8-15(14)26-18(16)21-10-20-17/h3-10H,1-2H3,(H,20,21,22). The molecule has 0 unspecified atom stereocenters. The van der Waals surface area contributed by atoms with E-state index in [1.807, 2.05) is 24.3 Å². The highest BCUT2D eigenvalue weighted by molar-refractivity contribution is 6.11. The van der Waals surface area contributed by atoms with Crippen LogP contribution in [0.3, 0.4) is 0 Å². The summed E-state index contributed by atoms with van der Waals surface area (Å²) in [7, 11) is 2.96. The molecule has 7 heteroatoms. The Balaban J connectivity index is 1.84. The molecule has 4 aromatic rings. The van der Waals surface area contributed by atoms with Crippen LogP contribution in [0, 0.1) is 0 Å². The molecular formula is C19H15N3O4. The van der Waals surface area contributed by atoms with Crippen LogP contribution in [0.2, 0.25) is 0 Å². The van der Waals surface area contributed by atoms with Gasteiger partial charge >= 0.3 is 5.97 Å². The second-order valence-electron chi connectivity index (χ2n) is 5.56. The Kier molecular flexibility index (Phi) is 3.89. The SMILES string of the molecule is COC(=O)c1ccc2oc3ncnc(Nc4ccc(OC)cc4)c3c2c1. The van der Waals surface area contributed by atoms with E-state index in [1.165, 1.54) is 13.4 Å². The normalized spacial score (nSPS) is 10.8. The minimum Gasteiger partial charge on any atom is -0.497 e. The Hall–Kier alpha value is -3.61. The highest BCUT2D eigenvalue weighted by atomic mass is 16.5. The number of rotatable bonds is 4. The maximum Gasteiger partial charge on any atom is 0.337 e. The molecule has 26 heavy (non-hydrogen) atoms. The molecule has 0 bridgehead atoms. The van der Waals surface area contributed by atoms with Crippen molar-refractivity contribution in [3.8, 4) is 5.75 Å². The lowest BCUT2D eigenvalue weighted by Gasteiger charge is -2.07. The molecule has 130 valence electrons. The zero-order valence-corrected chi connectivity index (χ0v) is 14.1. The average molecular weight is 349 g/mol. The van der Waals surface area contributed by atoms with Gasteiger partial charge in [-0.2, -0.15) is 0 Å². The molecule has 0 aliphatic carbocycles. The van der Waals surface area contributed by atoms with Gasteiger partial charge in [0, 0.05) is 11.1 Å². The number of aromatic nitrogens is 2. The van der Waals surface area contributed by atoms with E-state index in [1.54, 1.807) is 25.3 Å². The van der Waals surface area contributed by atoms with E-state index >= 15 is 0 Å². The maximum absolute atomic E-state index is 11.8. The van der Waals surface area contributed by atoms with Gasteiger partial charge < -0.3 is 19.2 Å². The Morgan fingerprint density at radius 2 is 1.88 bits per heavy atom. The summed E-state index contributed by atoms with van der Waals surface area (Å²) in [5.41, 5.74) is 2.32. The number of benzene rings is 2. The molecule has 2 aromatic carbocycles. The third kappa shape index (κ3) is 2.69. The first-order chi connectivity index (χ1) is 12.7. The summed E-state index contributed by atoms with van der Waals surface area (Å²) in [6, 6.07) is 12.6. The van der Waals surface area contributed by atoms with E-state index in [0.717, 1.165) is 16.8 Å². The van der Waals surface area contributed by atoms with Gasteiger partial charge in [-0.15, -0.1) is 0 Å². The summed E-state index contributed by atoms with van der Waals surface area (Å²) in [5.74, 6) is 0.934. The minimum atomic E-state index is -0.414. The van der Waals surface area contributed by atoms with Gasteiger partial charge in [0.2, 0.25) is 5.71 Å². The first-order valence-corrected chi connectivity index (χ1v) is 7.86. The van der Waals surface area contributed by atoms with Crippen molar-refractivity contribution >= 4 is 39.5 Å². The summed E-state index contributed by atoms with van der Waals surface area (Å²) in [5, 5.41) is 4.69. The van der Waals surface area contributed by atoms with Crippen LogP contribution in [0.15, 0.2) is 53.2 Å². The van der Waals surface area contributed by atoms with E-state index in [-0.39, 0.29) is 0 Å². The number of nitrogens with zero attached hydrogens (tertiary/aromatic N) is 2. The van der Waals surface area contributed by atoms with Crippen LogP contribution in [0.1, 0.15) is 10.4 Å². The van der Waals surface area contributed by atoms with Crippen molar-refractivity contribution in [2.24, 2.45) is 0 Å². The van der Waals surface area contributed by atoms with Crippen molar-refractivity contribution in [1.82, 2.24) is 9.97 Å². The first kappa shape index (κ1) is 15.9. The third-order valence-corrected chi connectivity index (χ3v) is 4.04. The Bertz CT molecular complexity index is 1100. The fraction of sp³-hybridized carbons (Fsp3) is 0.105. The van der Waals surface area contributed by atoms with E-state index in [2.05, 4.69) is 15.3 Å². The molecule has 2 heterocycles. The van der Waals surface area contributed by atoms with Crippen molar-refractivity contribution in [3.05, 3.63) is 54.4 Å². The number of ether oxygens (including phenoxy) is 2. The number of hydrogen-bond donors (Lipinski definition) is 1. The number of nitrogens with one attached hydrogen (secondary N) is 1. The molecule has 0 spiro atoms. The molecule has 0 aliphatic rings. The van der Waals surface area contributed by atoms with E-state index in [0.29, 0.717) is 28.1 Å². The molecule has 4 rings (SSSR count). The second kappa shape index (κ2) is 6.36. The van der Waals surface area contributed by atoms with Gasteiger partial charge in [0.25, 0.3) is 0 Å². The predicted molar refractivity (Wildman–Crippen MR) is 96.9 cm³/mol. The summed E-state index contributed by atoms with van der Waals surface area (Å²) in [6.45, 7) is 0. The molecule has 0 saturated carbocycles. The molecule has 2 aromatic heterocycles. The Labute approximate surface area is 148 Å². The number of carbonyl (C=O) groups excluding carboxylic acids is 1. The predicted octanol–water partition coefficient (Wildman–Crippen LogP) is 3.91. The molecule has 0 radical (unpaired) electrons. The second-order valence-corrected chi connectivity index (χ2v) is 5.56. The van der Waals surface area contributed by atoms with Crippen molar-refractivity contribution < 1.29 is 18.7 Å². The minimum absolute atomic E-state index is 0.414. The molecule has 0 aliphatic heterocycles. The van der Waals surface area contributed by atoms with Crippen molar-refractivity contribution in [1.29, 1.82) is 0 Å². The highest BCUT2D eigenvalue weighted by Crippen LogP contribution is 2.33. The monoisotopic (exact) mass is 349 g/mol. The number of fused-ring (bicyclic) bond motifs is 3. The van der Waals surface area contributed by atoms with Gasteiger partial charge in [0.1, 0.15) is 23.5 Å². The Morgan fingerprint density at radius 3 is 2.62 bits per heavy atom. The molecular weight excluding hydrogens is 334 g/mol. The molecule has 0 atom stereocenters. The average Bonchev–Trinajstić information content (AvgIpc) is 3.06. The van der Waals surface area contributed by atoms with Gasteiger partial charge in [0.05, 0.1) is 25.2 Å². The van der Waals surface area contributed by atoms with E-state index in [9.17, 15) is 4.79 Å². The van der Waals surface area contributed by atoms with E-state index < -0.39 is 5.97 Å². The first-order valence-electron chi connectivity index (χ1n) is 7.86. The summed E-state index contributed by atoms with van der Waals surface area (Å²) < 4.78 is 15.7. The molecule has 0 fully saturated rings. The van der Waals surface area contributed by atoms with E-state index in [4.69, 9.17) is 13.9 Å². The zero-order valence-electron chi connectivity index (χ0n) is 14.1. The van der Waals surface area contributed by atoms with Gasteiger partial charge in [-0.1, -0.05) is 0 Å². The summed E-state index contributed by atoms with van der Waals surface area (Å²) >= 11 is 0. The quantitative estimate of drug-likeness (QED) is 0.559. The van der Waals surface area contributed by atoms with Crippen LogP contribution in [0.25, 0.3) is 22.1 Å². The molecule has 0 saturated heterocycles.